The second kappa shape index (κ2) is 6.47. The fraction of sp³-hybridized carbons (Fsp3) is 0.846. The highest BCUT2D eigenvalue weighted by molar-refractivity contribution is 5.74. The van der Waals surface area contributed by atoms with Gasteiger partial charge in [0.05, 0.1) is 19.8 Å². The number of ether oxygens (including phenoxy) is 7. The summed E-state index contributed by atoms with van der Waals surface area (Å²) < 4.78 is 36.9. The van der Waals surface area contributed by atoms with Gasteiger partial charge in [0.15, 0.2) is 6.29 Å². The summed E-state index contributed by atoms with van der Waals surface area (Å²) in [5.74, 6) is -1.23. The Morgan fingerprint density at radius 1 is 0.909 bits per heavy atom. The van der Waals surface area contributed by atoms with Gasteiger partial charge in [0.2, 0.25) is 0 Å². The van der Waals surface area contributed by atoms with Gasteiger partial charge >= 0.3 is 11.9 Å². The van der Waals surface area contributed by atoms with Gasteiger partial charge in [-0.05, 0) is 13.8 Å². The molecule has 0 saturated carbocycles. The van der Waals surface area contributed by atoms with Crippen molar-refractivity contribution in [3.05, 3.63) is 0 Å². The summed E-state index contributed by atoms with van der Waals surface area (Å²) in [7, 11) is 0. The van der Waals surface area contributed by atoms with Crippen molar-refractivity contribution in [3.8, 4) is 0 Å². The minimum absolute atomic E-state index is 0.151. The Morgan fingerprint density at radius 3 is 2.23 bits per heavy atom. The standard InChI is InChI=1S/C13H18O9/c1-3-16-9(14)12-18-5-6-7(20-12)8-11(19-6)22-13(21-8)10(15)17-4-2/h6-8,11-13H,3-5H2,1-2H3. The molecule has 0 aromatic carbocycles. The molecular formula is C13H18O9. The Morgan fingerprint density at radius 2 is 1.55 bits per heavy atom. The lowest BCUT2D eigenvalue weighted by Crippen LogP contribution is -2.49. The number of rotatable bonds is 4. The topological polar surface area (TPSA) is 98.8 Å². The third kappa shape index (κ3) is 2.82. The normalized spacial score (nSPS) is 39.9. The molecule has 124 valence electrons. The number of carbonyl (C=O) groups excluding carboxylic acids is 2. The maximum absolute atomic E-state index is 11.7. The zero-order chi connectivity index (χ0) is 15.7. The molecule has 6 unspecified atom stereocenters. The lowest BCUT2D eigenvalue weighted by molar-refractivity contribution is -0.269. The van der Waals surface area contributed by atoms with E-state index in [2.05, 4.69) is 0 Å². The van der Waals surface area contributed by atoms with Crippen LogP contribution in [0.15, 0.2) is 0 Å². The fourth-order valence-electron chi connectivity index (χ4n) is 2.56. The predicted molar refractivity (Wildman–Crippen MR) is 66.3 cm³/mol. The van der Waals surface area contributed by atoms with Gasteiger partial charge in [0.25, 0.3) is 12.6 Å². The van der Waals surface area contributed by atoms with Gasteiger partial charge in [-0.15, -0.1) is 0 Å². The summed E-state index contributed by atoms with van der Waals surface area (Å²) in [6.07, 6.45) is -4.66. The molecule has 0 aromatic rings. The van der Waals surface area contributed by atoms with Crippen LogP contribution >= 0.6 is 0 Å². The van der Waals surface area contributed by atoms with Crippen LogP contribution in [0.5, 0.6) is 0 Å². The Kier molecular flexibility index (Phi) is 4.59. The Hall–Kier alpha value is -1.26. The van der Waals surface area contributed by atoms with Crippen molar-refractivity contribution in [2.45, 2.75) is 51.0 Å². The van der Waals surface area contributed by atoms with E-state index in [9.17, 15) is 9.59 Å². The van der Waals surface area contributed by atoms with Crippen LogP contribution in [0.2, 0.25) is 0 Å². The molecule has 0 aromatic heterocycles. The van der Waals surface area contributed by atoms with Gasteiger partial charge in [-0.25, -0.2) is 9.59 Å². The molecule has 3 rings (SSSR count). The lowest BCUT2D eigenvalue weighted by atomic mass is 10.1. The molecule has 9 heteroatoms. The van der Waals surface area contributed by atoms with Crippen LogP contribution in [0.3, 0.4) is 0 Å². The van der Waals surface area contributed by atoms with Crippen LogP contribution in [-0.2, 0) is 42.7 Å². The summed E-state index contributed by atoms with van der Waals surface area (Å²) in [5.41, 5.74) is 0. The Bertz CT molecular complexity index is 439. The van der Waals surface area contributed by atoms with Gasteiger partial charge in [-0.3, -0.25) is 0 Å². The number of hydrogen-bond acceptors (Lipinski definition) is 9. The quantitative estimate of drug-likeness (QED) is 0.624. The van der Waals surface area contributed by atoms with E-state index < -0.39 is 49.1 Å². The summed E-state index contributed by atoms with van der Waals surface area (Å²) in [6, 6.07) is 0. The molecule has 0 bridgehead atoms. The minimum atomic E-state index is -1.15. The fourth-order valence-corrected chi connectivity index (χ4v) is 2.56. The van der Waals surface area contributed by atoms with Crippen LogP contribution < -0.4 is 0 Å². The SMILES string of the molecule is CCOC(=O)C1OCC2OC3OC(C(=O)OCC)OC3C2O1. The number of hydrogen-bond donors (Lipinski definition) is 0. The highest BCUT2D eigenvalue weighted by atomic mass is 16.9. The smallest absolute Gasteiger partial charge is 0.363 e. The molecule has 6 atom stereocenters. The third-order valence-electron chi connectivity index (χ3n) is 3.46. The molecule has 0 N–H and O–H groups in total. The molecule has 0 radical (unpaired) electrons. The van der Waals surface area contributed by atoms with Crippen LogP contribution in [-0.4, -0.2) is 68.9 Å². The summed E-state index contributed by atoms with van der Waals surface area (Å²) in [5, 5.41) is 0. The van der Waals surface area contributed by atoms with Crippen molar-refractivity contribution in [1.82, 2.24) is 0 Å². The van der Waals surface area contributed by atoms with E-state index >= 15 is 0 Å². The molecular weight excluding hydrogens is 300 g/mol. The van der Waals surface area contributed by atoms with Crippen LogP contribution in [0, 0.1) is 0 Å². The number of esters is 2. The average Bonchev–Trinajstić information content (AvgIpc) is 3.05. The van der Waals surface area contributed by atoms with Gasteiger partial charge in [-0.1, -0.05) is 0 Å². The van der Waals surface area contributed by atoms with Crippen LogP contribution in [0.4, 0.5) is 0 Å². The highest BCUT2D eigenvalue weighted by Gasteiger charge is 2.57. The van der Waals surface area contributed by atoms with Crippen LogP contribution in [0.1, 0.15) is 13.8 Å². The summed E-state index contributed by atoms with van der Waals surface area (Å²) in [4.78, 5) is 23.3. The van der Waals surface area contributed by atoms with Gasteiger partial charge < -0.3 is 33.2 Å². The molecule has 22 heavy (non-hydrogen) atoms. The second-order valence-electron chi connectivity index (χ2n) is 4.88. The molecule has 9 nitrogen and oxygen atoms in total. The van der Waals surface area contributed by atoms with E-state index in [1.165, 1.54) is 0 Å². The maximum Gasteiger partial charge on any atom is 0.363 e. The molecule has 0 amide bonds. The van der Waals surface area contributed by atoms with Crippen LogP contribution in [0.25, 0.3) is 0 Å². The zero-order valence-electron chi connectivity index (χ0n) is 12.3. The van der Waals surface area contributed by atoms with Gasteiger partial charge in [0.1, 0.15) is 18.3 Å². The molecule has 3 heterocycles. The Balaban J connectivity index is 1.61. The Labute approximate surface area is 126 Å². The van der Waals surface area contributed by atoms with Crippen molar-refractivity contribution < 1.29 is 42.7 Å². The molecule has 0 aliphatic carbocycles. The van der Waals surface area contributed by atoms with E-state index in [-0.39, 0.29) is 19.8 Å². The first-order valence-electron chi connectivity index (χ1n) is 7.20. The third-order valence-corrected chi connectivity index (χ3v) is 3.46. The first kappa shape index (κ1) is 15.6. The number of fused-ring (bicyclic) bond motifs is 3. The van der Waals surface area contributed by atoms with Crippen molar-refractivity contribution in [2.75, 3.05) is 19.8 Å². The molecule has 0 spiro atoms. The van der Waals surface area contributed by atoms with E-state index in [1.807, 2.05) is 0 Å². The predicted octanol–water partition coefficient (Wildman–Crippen LogP) is -0.679. The van der Waals surface area contributed by atoms with E-state index in [1.54, 1.807) is 13.8 Å². The van der Waals surface area contributed by atoms with Crippen molar-refractivity contribution >= 4 is 11.9 Å². The van der Waals surface area contributed by atoms with E-state index in [0.717, 1.165) is 0 Å². The van der Waals surface area contributed by atoms with Crippen molar-refractivity contribution in [1.29, 1.82) is 0 Å². The second-order valence-corrected chi connectivity index (χ2v) is 4.88. The molecule has 3 saturated heterocycles. The minimum Gasteiger partial charge on any atom is -0.462 e. The largest absolute Gasteiger partial charge is 0.462 e. The lowest BCUT2D eigenvalue weighted by Gasteiger charge is -2.31. The van der Waals surface area contributed by atoms with E-state index in [0.29, 0.717) is 0 Å². The first-order valence-corrected chi connectivity index (χ1v) is 7.20. The average molecular weight is 318 g/mol. The number of carbonyl (C=O) groups is 2. The highest BCUT2D eigenvalue weighted by Crippen LogP contribution is 2.37. The summed E-state index contributed by atoms with van der Waals surface area (Å²) in [6.45, 7) is 3.97. The monoisotopic (exact) mass is 318 g/mol. The van der Waals surface area contributed by atoms with Crippen molar-refractivity contribution in [2.24, 2.45) is 0 Å². The first-order chi connectivity index (χ1) is 10.6. The molecule has 3 fully saturated rings. The molecule has 3 aliphatic rings. The van der Waals surface area contributed by atoms with Gasteiger partial charge in [-0.2, -0.15) is 0 Å². The van der Waals surface area contributed by atoms with Crippen molar-refractivity contribution in [3.63, 3.8) is 0 Å². The zero-order valence-corrected chi connectivity index (χ0v) is 12.3. The van der Waals surface area contributed by atoms with E-state index in [4.69, 9.17) is 33.2 Å². The van der Waals surface area contributed by atoms with Gasteiger partial charge in [0, 0.05) is 0 Å². The molecule has 3 aliphatic heterocycles. The summed E-state index contributed by atoms with van der Waals surface area (Å²) >= 11 is 0. The maximum atomic E-state index is 11.7.